The summed E-state index contributed by atoms with van der Waals surface area (Å²) in [6, 6.07) is 14.0. The predicted molar refractivity (Wildman–Crippen MR) is 213 cm³/mol. The Kier molecular flexibility index (Phi) is 15.8. The van der Waals surface area contributed by atoms with E-state index in [0.717, 1.165) is 24.0 Å². The Morgan fingerprint density at radius 3 is 2.35 bits per heavy atom. The molecule has 9 N–H and O–H groups in total. The maximum Gasteiger partial charge on any atom is 0.312 e. The van der Waals surface area contributed by atoms with Crippen LogP contribution in [0, 0.1) is 13.8 Å². The summed E-state index contributed by atoms with van der Waals surface area (Å²) in [7, 11) is 0. The third-order valence-corrected chi connectivity index (χ3v) is 9.76. The summed E-state index contributed by atoms with van der Waals surface area (Å²) < 4.78 is 0. The summed E-state index contributed by atoms with van der Waals surface area (Å²) in [4.78, 5) is 76.9. The minimum Gasteiger partial charge on any atom is -0.368 e. The molecular weight excluding hydrogens is 699 g/mol. The highest BCUT2D eigenvalue weighted by atomic mass is 16.2. The van der Waals surface area contributed by atoms with Crippen LogP contribution in [0.2, 0.25) is 0 Å². The van der Waals surface area contributed by atoms with Crippen LogP contribution < -0.4 is 38.1 Å². The molecule has 1 aliphatic heterocycles. The first-order valence-electron chi connectivity index (χ1n) is 19.2. The number of nitrogens with two attached hydrogens (primary N) is 2. The number of anilines is 1. The highest BCUT2D eigenvalue weighted by molar-refractivity contribution is 6.04. The molecular formula is C42H55N7O6. The van der Waals surface area contributed by atoms with Crippen molar-refractivity contribution < 1.29 is 28.8 Å². The Labute approximate surface area is 323 Å². The van der Waals surface area contributed by atoms with E-state index in [2.05, 4.69) is 33.5 Å². The number of amides is 7. The minimum absolute atomic E-state index is 0.00633. The number of aryl methyl sites for hydroxylation is 3. The SMILES string of the molecule is CCCCCCCCc1ccc(C(=O)N[C@@H](CCCNC(N)=O)C(=O)Nc2c(C)cc3cc2-c2cccc(c2)CC(=O)NCC(=O)NC(C(N)=O)C3)c(C)c1. The number of carbonyl (C=O) groups is 6. The fraction of sp³-hybridized carbons (Fsp3) is 0.429. The van der Waals surface area contributed by atoms with Crippen molar-refractivity contribution in [2.75, 3.05) is 18.4 Å². The molecule has 2 atom stereocenters. The lowest BCUT2D eigenvalue weighted by Crippen LogP contribution is -2.49. The molecule has 294 valence electrons. The molecule has 3 aromatic rings. The van der Waals surface area contributed by atoms with Gasteiger partial charge in [-0.3, -0.25) is 24.0 Å². The quantitative estimate of drug-likeness (QED) is 0.106. The van der Waals surface area contributed by atoms with Gasteiger partial charge in [0.05, 0.1) is 18.7 Å². The number of fused-ring (bicyclic) bond motifs is 5. The number of hydrogen-bond acceptors (Lipinski definition) is 6. The molecule has 4 bridgehead atoms. The van der Waals surface area contributed by atoms with Crippen molar-refractivity contribution >= 4 is 41.3 Å². The van der Waals surface area contributed by atoms with E-state index in [1.807, 2.05) is 37.3 Å². The second-order valence-corrected chi connectivity index (χ2v) is 14.3. The standard InChI is InChI=1S/C42H55N7O6/c1-4-5-6-7-8-9-12-28-16-17-32(26(2)19-28)40(53)48-34(15-11-18-45-42(44)55)41(54)49-38-27(3)20-30-22-33(38)31-14-10-13-29(21-31)24-36(50)46-25-37(51)47-35(23-30)39(43)52/h10,13-14,16-17,19-22,34-35H,4-9,11-12,15,18,23-25H2,1-3H3,(H2,43,52)(H,46,50)(H,47,51)(H,48,53)(H,49,54)(H3,44,45,55)/t34-,35?/m0/s1. The predicted octanol–water partition coefficient (Wildman–Crippen LogP) is 4.24. The van der Waals surface area contributed by atoms with Crippen LogP contribution in [0.4, 0.5) is 10.5 Å². The van der Waals surface area contributed by atoms with Gasteiger partial charge in [0.1, 0.15) is 12.1 Å². The van der Waals surface area contributed by atoms with Gasteiger partial charge in [-0.1, -0.05) is 81.5 Å². The molecule has 0 fully saturated rings. The molecule has 0 aromatic heterocycles. The first-order chi connectivity index (χ1) is 26.3. The van der Waals surface area contributed by atoms with Crippen LogP contribution in [0.3, 0.4) is 0 Å². The van der Waals surface area contributed by atoms with E-state index in [9.17, 15) is 28.8 Å². The molecule has 1 unspecified atom stereocenters. The minimum atomic E-state index is -1.05. The topological polar surface area (TPSA) is 215 Å². The molecule has 0 spiro atoms. The van der Waals surface area contributed by atoms with Crippen LogP contribution >= 0.6 is 0 Å². The average molecular weight is 754 g/mol. The number of nitrogens with one attached hydrogen (secondary N) is 5. The molecule has 4 rings (SSSR count). The molecule has 55 heavy (non-hydrogen) atoms. The highest BCUT2D eigenvalue weighted by Crippen LogP contribution is 2.34. The molecule has 0 radical (unpaired) electrons. The van der Waals surface area contributed by atoms with Crippen LogP contribution in [0.15, 0.2) is 54.6 Å². The van der Waals surface area contributed by atoms with Gasteiger partial charge >= 0.3 is 6.03 Å². The molecule has 7 amide bonds. The molecule has 3 aromatic carbocycles. The van der Waals surface area contributed by atoms with Gasteiger partial charge in [-0.15, -0.1) is 0 Å². The van der Waals surface area contributed by atoms with Gasteiger partial charge < -0.3 is 38.1 Å². The van der Waals surface area contributed by atoms with Crippen molar-refractivity contribution in [3.05, 3.63) is 88.0 Å². The number of benzene rings is 3. The molecule has 0 aliphatic carbocycles. The van der Waals surface area contributed by atoms with Crippen molar-refractivity contribution in [1.82, 2.24) is 21.3 Å². The summed E-state index contributed by atoms with van der Waals surface area (Å²) in [6.07, 6.45) is 8.74. The van der Waals surface area contributed by atoms with Crippen molar-refractivity contribution in [2.45, 2.75) is 103 Å². The summed E-state index contributed by atoms with van der Waals surface area (Å²) >= 11 is 0. The highest BCUT2D eigenvalue weighted by Gasteiger charge is 2.26. The molecule has 1 aliphatic rings. The average Bonchev–Trinajstić information content (AvgIpc) is 3.13. The van der Waals surface area contributed by atoms with Crippen LogP contribution in [0.25, 0.3) is 11.1 Å². The third kappa shape index (κ3) is 13.0. The van der Waals surface area contributed by atoms with Crippen molar-refractivity contribution in [1.29, 1.82) is 0 Å². The zero-order chi connectivity index (χ0) is 39.9. The zero-order valence-corrected chi connectivity index (χ0v) is 32.1. The summed E-state index contributed by atoms with van der Waals surface area (Å²) in [5.41, 5.74) is 17.1. The maximum atomic E-state index is 14.2. The fourth-order valence-electron chi connectivity index (χ4n) is 6.83. The Bertz CT molecular complexity index is 1880. The van der Waals surface area contributed by atoms with Crippen molar-refractivity contribution in [2.24, 2.45) is 11.5 Å². The Morgan fingerprint density at radius 2 is 1.62 bits per heavy atom. The van der Waals surface area contributed by atoms with E-state index in [-0.39, 0.29) is 38.3 Å². The molecule has 1 heterocycles. The van der Waals surface area contributed by atoms with Crippen molar-refractivity contribution in [3.8, 4) is 11.1 Å². The monoisotopic (exact) mass is 753 g/mol. The Hall–Kier alpha value is -5.72. The van der Waals surface area contributed by atoms with E-state index in [4.69, 9.17) is 11.5 Å². The number of hydrogen-bond donors (Lipinski definition) is 7. The van der Waals surface area contributed by atoms with E-state index in [1.165, 1.54) is 32.1 Å². The van der Waals surface area contributed by atoms with Gasteiger partial charge in [0.25, 0.3) is 5.91 Å². The van der Waals surface area contributed by atoms with Gasteiger partial charge in [0.2, 0.25) is 23.6 Å². The first kappa shape index (κ1) is 42.0. The second-order valence-electron chi connectivity index (χ2n) is 14.3. The van der Waals surface area contributed by atoms with E-state index in [1.54, 1.807) is 31.2 Å². The van der Waals surface area contributed by atoms with Crippen LogP contribution in [0.1, 0.15) is 96.5 Å². The van der Waals surface area contributed by atoms with Crippen LogP contribution in [-0.2, 0) is 38.4 Å². The first-order valence-corrected chi connectivity index (χ1v) is 19.2. The van der Waals surface area contributed by atoms with Gasteiger partial charge in [-0.2, -0.15) is 0 Å². The van der Waals surface area contributed by atoms with Crippen LogP contribution in [0.5, 0.6) is 0 Å². The maximum absolute atomic E-state index is 14.2. The largest absolute Gasteiger partial charge is 0.368 e. The van der Waals surface area contributed by atoms with Crippen LogP contribution in [-0.4, -0.2) is 60.7 Å². The van der Waals surface area contributed by atoms with E-state index >= 15 is 0 Å². The molecule has 13 nitrogen and oxygen atoms in total. The lowest BCUT2D eigenvalue weighted by Gasteiger charge is -2.23. The number of unbranched alkanes of at least 4 members (excludes halogenated alkanes) is 5. The number of primary amides is 2. The fourth-order valence-corrected chi connectivity index (χ4v) is 6.83. The van der Waals surface area contributed by atoms with E-state index < -0.39 is 41.7 Å². The molecule has 0 saturated heterocycles. The zero-order valence-electron chi connectivity index (χ0n) is 32.1. The van der Waals surface area contributed by atoms with Crippen molar-refractivity contribution in [3.63, 3.8) is 0 Å². The Morgan fingerprint density at radius 1 is 0.855 bits per heavy atom. The summed E-state index contributed by atoms with van der Waals surface area (Å²) in [6.45, 7) is 5.80. The van der Waals surface area contributed by atoms with Gasteiger partial charge in [0, 0.05) is 24.1 Å². The molecule has 13 heteroatoms. The van der Waals surface area contributed by atoms with Gasteiger partial charge in [-0.25, -0.2) is 4.79 Å². The Balaban J connectivity index is 1.62. The second kappa shape index (κ2) is 20.7. The lowest BCUT2D eigenvalue weighted by atomic mass is 9.93. The van der Waals surface area contributed by atoms with Gasteiger partial charge in [0.15, 0.2) is 0 Å². The number of urea groups is 1. The third-order valence-electron chi connectivity index (χ3n) is 9.76. The smallest absolute Gasteiger partial charge is 0.312 e. The summed E-state index contributed by atoms with van der Waals surface area (Å²) in [5.74, 6) is -2.55. The molecule has 0 saturated carbocycles. The number of carbonyl (C=O) groups excluding carboxylic acids is 6. The van der Waals surface area contributed by atoms with E-state index in [0.29, 0.717) is 45.5 Å². The number of rotatable bonds is 16. The normalized spacial score (nSPS) is 14.8. The summed E-state index contributed by atoms with van der Waals surface area (Å²) in [5, 5.41) is 13.7. The lowest BCUT2D eigenvalue weighted by molar-refractivity contribution is -0.128. The van der Waals surface area contributed by atoms with Gasteiger partial charge in [-0.05, 0) is 85.0 Å².